The lowest BCUT2D eigenvalue weighted by Gasteiger charge is -2.30. The summed E-state index contributed by atoms with van der Waals surface area (Å²) >= 11 is 0. The average Bonchev–Trinajstić information content (AvgIpc) is 2.13. The molecule has 0 fully saturated rings. The van der Waals surface area contributed by atoms with E-state index >= 15 is 0 Å². The SMILES string of the molecule is OB(O)c1ccc2c(c1)C(F)(F)OC(F)(F)O2. The van der Waals surface area contributed by atoms with Crippen LogP contribution in [0.25, 0.3) is 0 Å². The highest BCUT2D eigenvalue weighted by Gasteiger charge is 2.54. The first-order chi connectivity index (χ1) is 7.71. The van der Waals surface area contributed by atoms with Gasteiger partial charge < -0.3 is 14.8 Å². The Hall–Kier alpha value is -1.32. The molecule has 0 atom stereocenters. The lowest BCUT2D eigenvalue weighted by atomic mass is 9.79. The van der Waals surface area contributed by atoms with E-state index in [1.54, 1.807) is 0 Å². The highest BCUT2D eigenvalue weighted by molar-refractivity contribution is 6.58. The third-order valence-corrected chi connectivity index (χ3v) is 2.09. The van der Waals surface area contributed by atoms with Crippen molar-refractivity contribution in [2.24, 2.45) is 0 Å². The van der Waals surface area contributed by atoms with Gasteiger partial charge in [-0.15, -0.1) is 8.78 Å². The van der Waals surface area contributed by atoms with Crippen molar-refractivity contribution in [3.8, 4) is 5.75 Å². The summed E-state index contributed by atoms with van der Waals surface area (Å²) in [5, 5.41) is 17.6. The minimum atomic E-state index is -4.43. The first-order valence-electron chi connectivity index (χ1n) is 4.37. The van der Waals surface area contributed by atoms with Gasteiger partial charge >= 0.3 is 19.5 Å². The van der Waals surface area contributed by atoms with Crippen molar-refractivity contribution in [3.63, 3.8) is 0 Å². The Kier molecular flexibility index (Phi) is 2.56. The van der Waals surface area contributed by atoms with E-state index in [9.17, 15) is 17.6 Å². The van der Waals surface area contributed by atoms with E-state index < -0.39 is 30.8 Å². The second-order valence-electron chi connectivity index (χ2n) is 3.31. The van der Waals surface area contributed by atoms with Gasteiger partial charge in [-0.05, 0) is 17.6 Å². The Morgan fingerprint density at radius 1 is 1.12 bits per heavy atom. The van der Waals surface area contributed by atoms with Crippen LogP contribution in [0.15, 0.2) is 18.2 Å². The third kappa shape index (κ3) is 2.21. The van der Waals surface area contributed by atoms with Crippen LogP contribution < -0.4 is 10.2 Å². The molecule has 0 saturated carbocycles. The smallest absolute Gasteiger partial charge is 0.423 e. The molecule has 2 N–H and O–H groups in total. The molecule has 0 amide bonds. The fourth-order valence-corrected chi connectivity index (χ4v) is 1.38. The number of hydrogen-bond acceptors (Lipinski definition) is 4. The number of fused-ring (bicyclic) bond motifs is 1. The van der Waals surface area contributed by atoms with Crippen molar-refractivity contribution in [1.29, 1.82) is 0 Å². The van der Waals surface area contributed by atoms with Gasteiger partial charge in [-0.1, -0.05) is 6.07 Å². The molecule has 1 heterocycles. The van der Waals surface area contributed by atoms with Crippen LogP contribution in [0, 0.1) is 0 Å². The van der Waals surface area contributed by atoms with Crippen LogP contribution in [-0.4, -0.2) is 23.5 Å². The molecule has 0 unspecified atom stereocenters. The highest BCUT2D eigenvalue weighted by atomic mass is 19.3. The molecule has 0 aliphatic carbocycles. The van der Waals surface area contributed by atoms with Crippen LogP contribution in [0.1, 0.15) is 5.56 Å². The van der Waals surface area contributed by atoms with Crippen LogP contribution in [0.2, 0.25) is 0 Å². The molecule has 1 aliphatic heterocycles. The quantitative estimate of drug-likeness (QED) is 0.560. The van der Waals surface area contributed by atoms with Crippen molar-refractivity contribution < 1.29 is 37.1 Å². The molecular formula is C8H5BF4O4. The van der Waals surface area contributed by atoms with E-state index in [2.05, 4.69) is 9.47 Å². The van der Waals surface area contributed by atoms with Crippen LogP contribution in [0.3, 0.4) is 0 Å². The maximum atomic E-state index is 13.2. The second-order valence-corrected chi connectivity index (χ2v) is 3.31. The topological polar surface area (TPSA) is 58.9 Å². The summed E-state index contributed by atoms with van der Waals surface area (Å²) in [6, 6.07) is 2.38. The fourth-order valence-electron chi connectivity index (χ4n) is 1.38. The molecule has 1 aromatic rings. The van der Waals surface area contributed by atoms with Gasteiger partial charge in [-0.25, -0.2) is 4.74 Å². The summed E-state index contributed by atoms with van der Waals surface area (Å²) in [5.41, 5.74) is -1.28. The molecule has 0 radical (unpaired) electrons. The van der Waals surface area contributed by atoms with E-state index in [4.69, 9.17) is 10.0 Å². The molecular weight excluding hydrogens is 247 g/mol. The average molecular weight is 252 g/mol. The molecule has 1 aromatic carbocycles. The Balaban J connectivity index is 2.51. The molecule has 92 valence electrons. The first kappa shape index (κ1) is 12.2. The van der Waals surface area contributed by atoms with Gasteiger partial charge in [-0.3, -0.25) is 0 Å². The van der Waals surface area contributed by atoms with Gasteiger partial charge in [-0.2, -0.15) is 8.78 Å². The van der Waals surface area contributed by atoms with E-state index in [1.807, 2.05) is 0 Å². The molecule has 17 heavy (non-hydrogen) atoms. The predicted molar refractivity (Wildman–Crippen MR) is 46.8 cm³/mol. The maximum Gasteiger partial charge on any atom is 0.540 e. The zero-order valence-electron chi connectivity index (χ0n) is 8.03. The minimum Gasteiger partial charge on any atom is -0.423 e. The monoisotopic (exact) mass is 252 g/mol. The highest BCUT2D eigenvalue weighted by Crippen LogP contribution is 2.45. The first-order valence-corrected chi connectivity index (χ1v) is 4.37. The van der Waals surface area contributed by atoms with Crippen molar-refractivity contribution >= 4 is 12.6 Å². The number of halogens is 4. The van der Waals surface area contributed by atoms with Crippen LogP contribution >= 0.6 is 0 Å². The molecule has 0 spiro atoms. The maximum absolute atomic E-state index is 13.2. The second kappa shape index (κ2) is 3.59. The molecule has 0 saturated heterocycles. The Morgan fingerprint density at radius 3 is 2.35 bits per heavy atom. The van der Waals surface area contributed by atoms with E-state index in [0.29, 0.717) is 6.07 Å². The zero-order chi connectivity index (χ0) is 12.8. The van der Waals surface area contributed by atoms with Gasteiger partial charge in [0.05, 0.1) is 5.56 Å². The number of alkyl halides is 4. The molecule has 2 rings (SSSR count). The molecule has 0 aromatic heterocycles. The third-order valence-electron chi connectivity index (χ3n) is 2.09. The van der Waals surface area contributed by atoms with Gasteiger partial charge in [0.15, 0.2) is 0 Å². The van der Waals surface area contributed by atoms with Crippen LogP contribution in [0.4, 0.5) is 17.6 Å². The summed E-state index contributed by atoms with van der Waals surface area (Å²) in [5.74, 6) is -0.782. The van der Waals surface area contributed by atoms with Crippen molar-refractivity contribution in [1.82, 2.24) is 0 Å². The van der Waals surface area contributed by atoms with Gasteiger partial charge in [0.1, 0.15) is 5.75 Å². The Morgan fingerprint density at radius 2 is 1.76 bits per heavy atom. The Bertz CT molecular complexity index is 451. The molecule has 1 aliphatic rings. The Labute approximate surface area is 92.5 Å². The van der Waals surface area contributed by atoms with Gasteiger partial charge in [0.25, 0.3) is 0 Å². The van der Waals surface area contributed by atoms with E-state index in [0.717, 1.165) is 12.1 Å². The number of rotatable bonds is 1. The summed E-state index contributed by atoms with van der Waals surface area (Å²) in [4.78, 5) is 0. The lowest BCUT2D eigenvalue weighted by molar-refractivity contribution is -0.461. The van der Waals surface area contributed by atoms with Crippen LogP contribution in [0.5, 0.6) is 5.75 Å². The summed E-state index contributed by atoms with van der Waals surface area (Å²) < 4.78 is 58.7. The van der Waals surface area contributed by atoms with Crippen LogP contribution in [-0.2, 0) is 10.8 Å². The van der Waals surface area contributed by atoms with Gasteiger partial charge in [0, 0.05) is 0 Å². The van der Waals surface area contributed by atoms with E-state index in [1.165, 1.54) is 0 Å². The standard InChI is InChI=1S/C8H5BF4O4/c10-7(11)5-3-4(9(14)15)1-2-6(5)16-8(12,13)17-7/h1-3,14-15H. The zero-order valence-corrected chi connectivity index (χ0v) is 8.03. The molecule has 9 heteroatoms. The number of benzene rings is 1. The summed E-state index contributed by atoms with van der Waals surface area (Å²) in [7, 11) is -2.00. The summed E-state index contributed by atoms with van der Waals surface area (Å²) in [6.45, 7) is 0. The normalized spacial score (nSPS) is 20.4. The predicted octanol–water partition coefficient (Wildman–Crippen LogP) is 0.375. The molecule has 0 bridgehead atoms. The number of ether oxygens (including phenoxy) is 2. The number of hydrogen-bond donors (Lipinski definition) is 2. The largest absolute Gasteiger partial charge is 0.540 e. The van der Waals surface area contributed by atoms with Crippen molar-refractivity contribution in [3.05, 3.63) is 23.8 Å². The summed E-state index contributed by atoms with van der Waals surface area (Å²) in [6.07, 6.45) is -8.71. The van der Waals surface area contributed by atoms with Crippen molar-refractivity contribution in [2.75, 3.05) is 0 Å². The van der Waals surface area contributed by atoms with Crippen molar-refractivity contribution in [2.45, 2.75) is 12.4 Å². The molecule has 4 nitrogen and oxygen atoms in total. The minimum absolute atomic E-state index is 0.291. The van der Waals surface area contributed by atoms with E-state index in [-0.39, 0.29) is 5.46 Å². The van der Waals surface area contributed by atoms with Gasteiger partial charge in [0.2, 0.25) is 0 Å². The fraction of sp³-hybridized carbons (Fsp3) is 0.250. The lowest BCUT2D eigenvalue weighted by Crippen LogP contribution is -2.42.